The number of thiazole rings is 1. The van der Waals surface area contributed by atoms with Gasteiger partial charge in [0.05, 0.1) is 0 Å². The summed E-state index contributed by atoms with van der Waals surface area (Å²) in [5.41, 5.74) is 1.69. The van der Waals surface area contributed by atoms with Gasteiger partial charge in [0.15, 0.2) is 5.13 Å². The summed E-state index contributed by atoms with van der Waals surface area (Å²) in [6.45, 7) is 2.11. The molecule has 0 unspecified atom stereocenters. The minimum Gasteiger partial charge on any atom is -0.317 e. The zero-order chi connectivity index (χ0) is 15.6. The van der Waals surface area contributed by atoms with Crippen LogP contribution >= 0.6 is 23.7 Å². The average molecular weight is 365 g/mol. The summed E-state index contributed by atoms with van der Waals surface area (Å²) < 4.78 is 0. The zero-order valence-electron chi connectivity index (χ0n) is 13.3. The molecular formula is C17H21ClN4OS. The van der Waals surface area contributed by atoms with Crippen molar-refractivity contribution in [3.63, 3.8) is 0 Å². The number of hydrogen-bond acceptors (Lipinski definition) is 5. The maximum atomic E-state index is 12.3. The molecule has 1 amide bonds. The fourth-order valence-corrected chi connectivity index (χ4v) is 3.98. The number of pyridine rings is 1. The van der Waals surface area contributed by atoms with Crippen LogP contribution in [0, 0.1) is 0 Å². The summed E-state index contributed by atoms with van der Waals surface area (Å²) in [5, 5.41) is 6.90. The summed E-state index contributed by atoms with van der Waals surface area (Å²) in [6, 6.07) is 3.83. The van der Waals surface area contributed by atoms with E-state index in [-0.39, 0.29) is 18.3 Å². The fraction of sp³-hybridized carbons (Fsp3) is 0.471. The molecule has 0 atom stereocenters. The fourth-order valence-electron chi connectivity index (χ4n) is 3.00. The first-order chi connectivity index (χ1) is 11.3. The molecule has 0 spiro atoms. The van der Waals surface area contributed by atoms with Crippen molar-refractivity contribution in [1.82, 2.24) is 15.3 Å². The molecule has 3 heterocycles. The molecule has 5 nitrogen and oxygen atoms in total. The van der Waals surface area contributed by atoms with Gasteiger partial charge in [-0.1, -0.05) is 6.07 Å². The molecule has 0 radical (unpaired) electrons. The van der Waals surface area contributed by atoms with Crippen LogP contribution in [0.1, 0.15) is 58.4 Å². The van der Waals surface area contributed by atoms with E-state index in [9.17, 15) is 4.79 Å². The van der Waals surface area contributed by atoms with Crippen LogP contribution in [-0.4, -0.2) is 29.0 Å². The Balaban J connectivity index is 0.00000169. The summed E-state index contributed by atoms with van der Waals surface area (Å²) in [5.74, 6) is 1.04. The van der Waals surface area contributed by atoms with E-state index in [1.54, 1.807) is 11.3 Å². The molecule has 1 saturated carbocycles. The second-order valence-electron chi connectivity index (χ2n) is 6.30. The number of anilines is 1. The van der Waals surface area contributed by atoms with E-state index in [0.29, 0.717) is 22.7 Å². The minimum atomic E-state index is -0.182. The molecule has 0 bridgehead atoms. The first kappa shape index (κ1) is 17.3. The number of rotatable bonds is 4. The number of piperidine rings is 1. The Labute approximate surface area is 151 Å². The second kappa shape index (κ2) is 7.59. The molecule has 0 aromatic carbocycles. The highest BCUT2D eigenvalue weighted by atomic mass is 35.5. The van der Waals surface area contributed by atoms with E-state index in [1.807, 2.05) is 24.5 Å². The Kier molecular flexibility index (Phi) is 5.48. The Bertz CT molecular complexity index is 693. The van der Waals surface area contributed by atoms with Gasteiger partial charge in [0.25, 0.3) is 5.91 Å². The standard InChI is InChI=1S/C17H20N4OS.ClH/c22-16(14-4-3-13(9-19-14)11-1-2-11)21-17-20-10-15(23-17)12-5-7-18-8-6-12;/h3-4,9-12,18H,1-2,5-8H2,(H,20,21,22);1H. The van der Waals surface area contributed by atoms with Crippen molar-refractivity contribution in [3.8, 4) is 0 Å². The van der Waals surface area contributed by atoms with Crippen LogP contribution < -0.4 is 10.6 Å². The normalized spacial score (nSPS) is 18.0. The number of hydrogen-bond donors (Lipinski definition) is 2. The van der Waals surface area contributed by atoms with E-state index in [0.717, 1.165) is 25.9 Å². The van der Waals surface area contributed by atoms with Gasteiger partial charge in [-0.15, -0.1) is 23.7 Å². The average Bonchev–Trinajstić information content (AvgIpc) is 3.35. The number of nitrogens with one attached hydrogen (secondary N) is 2. The smallest absolute Gasteiger partial charge is 0.276 e. The SMILES string of the molecule is Cl.O=C(Nc1ncc(C2CCNCC2)s1)c1ccc(C2CC2)cn1. The number of amides is 1. The molecule has 128 valence electrons. The van der Waals surface area contributed by atoms with Crippen molar-refractivity contribution in [1.29, 1.82) is 0 Å². The van der Waals surface area contributed by atoms with Gasteiger partial charge >= 0.3 is 0 Å². The molecule has 2 aliphatic rings. The molecule has 2 aromatic rings. The van der Waals surface area contributed by atoms with E-state index >= 15 is 0 Å². The number of carbonyl (C=O) groups excluding carboxylic acids is 1. The van der Waals surface area contributed by atoms with Gasteiger partial charge in [-0.25, -0.2) is 4.98 Å². The highest BCUT2D eigenvalue weighted by Gasteiger charge is 2.24. The third-order valence-electron chi connectivity index (χ3n) is 4.55. The lowest BCUT2D eigenvalue weighted by Crippen LogP contribution is -2.26. The lowest BCUT2D eigenvalue weighted by Gasteiger charge is -2.20. The first-order valence-electron chi connectivity index (χ1n) is 8.23. The molecular weight excluding hydrogens is 344 g/mol. The van der Waals surface area contributed by atoms with Crippen molar-refractivity contribution < 1.29 is 4.79 Å². The topological polar surface area (TPSA) is 66.9 Å². The molecule has 1 aliphatic heterocycles. The predicted octanol–water partition coefficient (Wildman–Crippen LogP) is 3.56. The molecule has 2 N–H and O–H groups in total. The highest BCUT2D eigenvalue weighted by molar-refractivity contribution is 7.15. The van der Waals surface area contributed by atoms with Crippen molar-refractivity contribution in [2.45, 2.75) is 37.5 Å². The third kappa shape index (κ3) is 3.94. The van der Waals surface area contributed by atoms with E-state index in [1.165, 1.54) is 23.3 Å². The maximum absolute atomic E-state index is 12.3. The van der Waals surface area contributed by atoms with Gasteiger partial charge in [-0.05, 0) is 62.2 Å². The third-order valence-corrected chi connectivity index (χ3v) is 5.63. The predicted molar refractivity (Wildman–Crippen MR) is 98.4 cm³/mol. The van der Waals surface area contributed by atoms with Gasteiger partial charge < -0.3 is 5.32 Å². The van der Waals surface area contributed by atoms with E-state index in [2.05, 4.69) is 20.6 Å². The van der Waals surface area contributed by atoms with E-state index in [4.69, 9.17) is 0 Å². The number of halogens is 1. The van der Waals surface area contributed by atoms with Gasteiger partial charge in [0, 0.05) is 17.3 Å². The summed E-state index contributed by atoms with van der Waals surface area (Å²) in [6.07, 6.45) is 8.49. The van der Waals surface area contributed by atoms with E-state index < -0.39 is 0 Å². The Hall–Kier alpha value is -1.50. The Morgan fingerprint density at radius 1 is 1.08 bits per heavy atom. The van der Waals surface area contributed by atoms with Crippen LogP contribution in [0.3, 0.4) is 0 Å². The lowest BCUT2D eigenvalue weighted by atomic mass is 9.97. The summed E-state index contributed by atoms with van der Waals surface area (Å²) in [7, 11) is 0. The van der Waals surface area contributed by atoms with Crippen molar-refractivity contribution in [2.24, 2.45) is 0 Å². The molecule has 2 fully saturated rings. The zero-order valence-corrected chi connectivity index (χ0v) is 15.0. The van der Waals surface area contributed by atoms with Gasteiger partial charge in [0.2, 0.25) is 0 Å². The molecule has 7 heteroatoms. The van der Waals surface area contributed by atoms with Crippen molar-refractivity contribution in [2.75, 3.05) is 18.4 Å². The molecule has 1 saturated heterocycles. The van der Waals surface area contributed by atoms with Crippen LogP contribution in [0.15, 0.2) is 24.5 Å². The first-order valence-corrected chi connectivity index (χ1v) is 9.05. The quantitative estimate of drug-likeness (QED) is 0.870. The van der Waals surface area contributed by atoms with Gasteiger partial charge in [-0.3, -0.25) is 15.1 Å². The number of carbonyl (C=O) groups is 1. The molecule has 24 heavy (non-hydrogen) atoms. The van der Waals surface area contributed by atoms with Crippen molar-refractivity contribution >= 4 is 34.8 Å². The molecule has 2 aromatic heterocycles. The number of aromatic nitrogens is 2. The summed E-state index contributed by atoms with van der Waals surface area (Å²) >= 11 is 1.58. The largest absolute Gasteiger partial charge is 0.317 e. The molecule has 4 rings (SSSR count). The van der Waals surface area contributed by atoms with Gasteiger partial charge in [-0.2, -0.15) is 0 Å². The molecule has 1 aliphatic carbocycles. The summed E-state index contributed by atoms with van der Waals surface area (Å²) in [4.78, 5) is 22.2. The maximum Gasteiger partial charge on any atom is 0.276 e. The Morgan fingerprint density at radius 2 is 1.88 bits per heavy atom. The van der Waals surface area contributed by atoms with Crippen LogP contribution in [0.5, 0.6) is 0 Å². The van der Waals surface area contributed by atoms with Crippen LogP contribution in [0.25, 0.3) is 0 Å². The van der Waals surface area contributed by atoms with Gasteiger partial charge in [0.1, 0.15) is 5.69 Å². The monoisotopic (exact) mass is 364 g/mol. The Morgan fingerprint density at radius 3 is 2.54 bits per heavy atom. The second-order valence-corrected chi connectivity index (χ2v) is 7.36. The highest BCUT2D eigenvalue weighted by Crippen LogP contribution is 2.39. The van der Waals surface area contributed by atoms with Crippen LogP contribution in [-0.2, 0) is 0 Å². The van der Waals surface area contributed by atoms with Crippen molar-refractivity contribution in [3.05, 3.63) is 40.7 Å². The minimum absolute atomic E-state index is 0. The van der Waals surface area contributed by atoms with Crippen LogP contribution in [0.4, 0.5) is 5.13 Å². The van der Waals surface area contributed by atoms with Crippen LogP contribution in [0.2, 0.25) is 0 Å². The lowest BCUT2D eigenvalue weighted by molar-refractivity contribution is 0.102. The number of nitrogens with zero attached hydrogens (tertiary/aromatic N) is 2.